The van der Waals surface area contributed by atoms with E-state index >= 15 is 0 Å². The zero-order valence-electron chi connectivity index (χ0n) is 9.29. The zero-order valence-corrected chi connectivity index (χ0v) is 10.8. The molecule has 2 unspecified atom stereocenters. The fourth-order valence-corrected chi connectivity index (χ4v) is 1.10. The Morgan fingerprint density at radius 1 is 0.900 bits per heavy atom. The summed E-state index contributed by atoms with van der Waals surface area (Å²) >= 11 is 8.75. The quantitative estimate of drug-likeness (QED) is 0.436. The predicted octanol–water partition coefficient (Wildman–Crippen LogP) is 1.43. The molecule has 2 atom stereocenters. The monoisotopic (exact) mass is 344 g/mol. The van der Waals surface area contributed by atoms with Gasteiger partial charge in [-0.3, -0.25) is 0 Å². The second-order valence-corrected chi connectivity index (χ2v) is 4.23. The van der Waals surface area contributed by atoms with Crippen LogP contribution in [0.15, 0.2) is 0 Å². The van der Waals surface area contributed by atoms with Crippen LogP contribution in [0.4, 0.5) is 17.6 Å². The molecule has 1 fully saturated rings. The molecule has 20 heavy (non-hydrogen) atoms. The van der Waals surface area contributed by atoms with Gasteiger partial charge in [0, 0.05) is 0 Å². The van der Waals surface area contributed by atoms with Crippen molar-refractivity contribution in [1.82, 2.24) is 0 Å². The molecule has 0 radical (unpaired) electrons. The van der Waals surface area contributed by atoms with Crippen molar-refractivity contribution in [2.75, 3.05) is 13.2 Å². The molecule has 1 aliphatic rings. The van der Waals surface area contributed by atoms with Crippen molar-refractivity contribution >= 4 is 35.1 Å². The molecule has 0 aromatic rings. The number of rotatable bonds is 4. The lowest BCUT2D eigenvalue weighted by molar-refractivity contribution is -0.308. The van der Waals surface area contributed by atoms with E-state index in [1.54, 1.807) is 0 Å². The van der Waals surface area contributed by atoms with E-state index in [1.807, 2.05) is 0 Å². The lowest BCUT2D eigenvalue weighted by atomic mass is 10.5. The lowest BCUT2D eigenvalue weighted by Crippen LogP contribution is -2.47. The Balaban J connectivity index is 2.68. The van der Waals surface area contributed by atoms with Crippen LogP contribution in [0.3, 0.4) is 0 Å². The minimum absolute atomic E-state index is 0.225. The van der Waals surface area contributed by atoms with E-state index in [1.165, 1.54) is 0 Å². The van der Waals surface area contributed by atoms with Gasteiger partial charge in [-0.1, -0.05) is 0 Å². The lowest BCUT2D eigenvalue weighted by Gasteiger charge is -2.30. The van der Waals surface area contributed by atoms with Crippen LogP contribution in [0.1, 0.15) is 0 Å². The first-order chi connectivity index (χ1) is 9.01. The van der Waals surface area contributed by atoms with Crippen molar-refractivity contribution in [2.45, 2.75) is 23.3 Å². The molecule has 0 amide bonds. The average molecular weight is 345 g/mol. The van der Waals surface area contributed by atoms with Crippen LogP contribution in [-0.4, -0.2) is 48.5 Å². The van der Waals surface area contributed by atoms with Gasteiger partial charge in [0.25, 0.3) is 12.6 Å². The van der Waals surface area contributed by atoms with E-state index in [9.17, 15) is 27.2 Å². The van der Waals surface area contributed by atoms with Crippen LogP contribution in [0, 0.1) is 0 Å². The van der Waals surface area contributed by atoms with Gasteiger partial charge < -0.3 is 18.9 Å². The summed E-state index contributed by atoms with van der Waals surface area (Å²) in [6, 6.07) is 0. The van der Waals surface area contributed by atoms with E-state index in [0.717, 1.165) is 0 Å². The van der Waals surface area contributed by atoms with Gasteiger partial charge in [0.2, 0.25) is 0 Å². The summed E-state index contributed by atoms with van der Waals surface area (Å²) in [7, 11) is 0. The SMILES string of the molecule is O=C(OC1OCCOC1OC(=O)C(F)(F)Cl)C(F)(F)Cl. The molecule has 0 bridgehead atoms. The molecular formula is C8H6Cl2F4O6. The molecule has 6 nitrogen and oxygen atoms in total. The predicted molar refractivity (Wildman–Crippen MR) is 53.3 cm³/mol. The highest BCUT2D eigenvalue weighted by Gasteiger charge is 2.46. The maximum absolute atomic E-state index is 12.4. The maximum Gasteiger partial charge on any atom is 0.418 e. The van der Waals surface area contributed by atoms with Gasteiger partial charge in [-0.25, -0.2) is 9.59 Å². The number of halogens is 6. The topological polar surface area (TPSA) is 71.1 Å². The van der Waals surface area contributed by atoms with Gasteiger partial charge in [0.15, 0.2) is 0 Å². The molecule has 0 spiro atoms. The van der Waals surface area contributed by atoms with Crippen molar-refractivity contribution in [2.24, 2.45) is 0 Å². The highest BCUT2D eigenvalue weighted by Crippen LogP contribution is 2.26. The normalized spacial score (nSPS) is 24.1. The smallest absolute Gasteiger partial charge is 0.418 e. The highest BCUT2D eigenvalue weighted by molar-refractivity contribution is 6.31. The van der Waals surface area contributed by atoms with Crippen LogP contribution in [0.25, 0.3) is 0 Å². The van der Waals surface area contributed by atoms with Crippen LogP contribution < -0.4 is 0 Å². The summed E-state index contributed by atoms with van der Waals surface area (Å²) in [5, 5.41) is -8.74. The second kappa shape index (κ2) is 6.29. The summed E-state index contributed by atoms with van der Waals surface area (Å²) < 4.78 is 67.0. The summed E-state index contributed by atoms with van der Waals surface area (Å²) in [5.41, 5.74) is 0. The number of ether oxygens (including phenoxy) is 4. The third kappa shape index (κ3) is 4.93. The number of alkyl halides is 6. The van der Waals surface area contributed by atoms with Gasteiger partial charge in [-0.2, -0.15) is 17.6 Å². The first kappa shape index (κ1) is 17.2. The van der Waals surface area contributed by atoms with E-state index in [-0.39, 0.29) is 13.2 Å². The zero-order chi connectivity index (χ0) is 15.6. The molecule has 0 N–H and O–H groups in total. The number of hydrogen-bond acceptors (Lipinski definition) is 6. The standard InChI is InChI=1S/C8H6Cl2F4O6/c9-7(11,12)5(15)19-3-4(18-2-1-17-3)20-6(16)8(10,13)14/h3-4H,1-2H2. The fraction of sp³-hybridized carbons (Fsp3) is 0.750. The molecule has 12 heteroatoms. The summed E-state index contributed by atoms with van der Waals surface area (Å²) in [6.45, 7) is -0.450. The Hall–Kier alpha value is -0.840. The van der Waals surface area contributed by atoms with E-state index in [2.05, 4.69) is 42.1 Å². The Labute approximate surface area is 118 Å². The third-order valence-corrected chi connectivity index (χ3v) is 2.09. The minimum Gasteiger partial charge on any atom is -0.423 e. The number of esters is 2. The Bertz CT molecular complexity index is 346. The largest absolute Gasteiger partial charge is 0.423 e. The van der Waals surface area contributed by atoms with Gasteiger partial charge in [-0.05, 0) is 23.2 Å². The van der Waals surface area contributed by atoms with Crippen molar-refractivity contribution in [1.29, 1.82) is 0 Å². The highest BCUT2D eigenvalue weighted by atomic mass is 35.5. The second-order valence-electron chi connectivity index (χ2n) is 3.28. The molecule has 1 aliphatic heterocycles. The van der Waals surface area contributed by atoms with Crippen LogP contribution in [0.2, 0.25) is 0 Å². The summed E-state index contributed by atoms with van der Waals surface area (Å²) in [5.74, 6) is -4.46. The number of carbonyl (C=O) groups excluding carboxylic acids is 2. The maximum atomic E-state index is 12.4. The molecule has 0 saturated carbocycles. The Morgan fingerprint density at radius 2 is 1.20 bits per heavy atom. The minimum atomic E-state index is -4.37. The summed E-state index contributed by atoms with van der Waals surface area (Å²) in [4.78, 5) is 21.6. The Kier molecular flexibility index (Phi) is 5.41. The summed E-state index contributed by atoms with van der Waals surface area (Å²) in [6.07, 6.45) is -3.97. The van der Waals surface area contributed by atoms with Gasteiger partial charge in [0.05, 0.1) is 13.2 Å². The van der Waals surface area contributed by atoms with Crippen molar-refractivity contribution in [3.05, 3.63) is 0 Å². The van der Waals surface area contributed by atoms with Crippen molar-refractivity contribution in [3.63, 3.8) is 0 Å². The van der Waals surface area contributed by atoms with E-state index in [4.69, 9.17) is 0 Å². The number of carbonyl (C=O) groups is 2. The van der Waals surface area contributed by atoms with Crippen LogP contribution in [-0.2, 0) is 28.5 Å². The molecule has 0 aromatic carbocycles. The molecule has 1 saturated heterocycles. The average Bonchev–Trinajstić information content (AvgIpc) is 2.29. The molecule has 0 aliphatic carbocycles. The Morgan fingerprint density at radius 3 is 1.45 bits per heavy atom. The first-order valence-corrected chi connectivity index (χ1v) is 5.56. The van der Waals surface area contributed by atoms with Crippen molar-refractivity contribution < 1.29 is 46.1 Å². The third-order valence-electron chi connectivity index (χ3n) is 1.78. The van der Waals surface area contributed by atoms with Gasteiger partial charge in [0.1, 0.15) is 0 Å². The number of hydrogen-bond donors (Lipinski definition) is 0. The molecule has 0 aromatic heterocycles. The van der Waals surface area contributed by atoms with E-state index in [0.29, 0.717) is 0 Å². The molecule has 116 valence electrons. The molecule has 1 heterocycles. The van der Waals surface area contributed by atoms with Gasteiger partial charge in [-0.15, -0.1) is 0 Å². The van der Waals surface area contributed by atoms with Crippen LogP contribution in [0.5, 0.6) is 0 Å². The van der Waals surface area contributed by atoms with E-state index < -0.39 is 35.3 Å². The molecule has 1 rings (SSSR count). The molecular weight excluding hydrogens is 339 g/mol. The first-order valence-electron chi connectivity index (χ1n) is 4.80. The van der Waals surface area contributed by atoms with Gasteiger partial charge >= 0.3 is 22.7 Å². The fourth-order valence-electron chi connectivity index (χ4n) is 1.01. The van der Waals surface area contributed by atoms with Crippen molar-refractivity contribution in [3.8, 4) is 0 Å². The van der Waals surface area contributed by atoms with Crippen LogP contribution >= 0.6 is 23.2 Å².